The van der Waals surface area contributed by atoms with E-state index < -0.39 is 5.82 Å². The average molecular weight is 336 g/mol. The summed E-state index contributed by atoms with van der Waals surface area (Å²) in [5.74, 6) is 0.239. The molecule has 0 bridgehead atoms. The molecule has 0 atom stereocenters. The van der Waals surface area contributed by atoms with Crippen LogP contribution in [0.5, 0.6) is 11.5 Å². The lowest BCUT2D eigenvalue weighted by Crippen LogP contribution is -2.24. The first kappa shape index (κ1) is 15.6. The zero-order valence-corrected chi connectivity index (χ0v) is 13.5. The number of fused-ring (bicyclic) bond motifs is 1. The van der Waals surface area contributed by atoms with Crippen molar-refractivity contribution < 1.29 is 18.7 Å². The van der Waals surface area contributed by atoms with E-state index in [1.165, 1.54) is 31.3 Å². The molecule has 0 N–H and O–H groups in total. The Hall–Kier alpha value is -2.27. The second kappa shape index (κ2) is 6.08. The van der Waals surface area contributed by atoms with E-state index in [2.05, 4.69) is 0 Å². The van der Waals surface area contributed by atoms with Crippen LogP contribution in [-0.2, 0) is 13.1 Å². The molecule has 0 aromatic heterocycles. The highest BCUT2D eigenvalue weighted by molar-refractivity contribution is 6.31. The van der Waals surface area contributed by atoms with Gasteiger partial charge in [-0.15, -0.1) is 0 Å². The van der Waals surface area contributed by atoms with Gasteiger partial charge in [0.15, 0.2) is 11.5 Å². The van der Waals surface area contributed by atoms with Gasteiger partial charge in [-0.25, -0.2) is 4.39 Å². The minimum Gasteiger partial charge on any atom is -0.493 e. The lowest BCUT2D eigenvalue weighted by atomic mass is 10.1. The largest absolute Gasteiger partial charge is 0.493 e. The van der Waals surface area contributed by atoms with Crippen molar-refractivity contribution >= 4 is 17.5 Å². The summed E-state index contributed by atoms with van der Waals surface area (Å²) < 4.78 is 24.5. The predicted molar refractivity (Wildman–Crippen MR) is 84.5 cm³/mol. The number of nitrogens with zero attached hydrogens (tertiary/aromatic N) is 1. The van der Waals surface area contributed by atoms with Crippen molar-refractivity contribution in [2.24, 2.45) is 0 Å². The lowest BCUT2D eigenvalue weighted by Gasteiger charge is -2.17. The monoisotopic (exact) mass is 335 g/mol. The normalized spacial score (nSPS) is 13.2. The fraction of sp³-hybridized carbons (Fsp3) is 0.235. The number of methoxy groups -OCH3 is 2. The quantitative estimate of drug-likeness (QED) is 0.856. The molecule has 1 amide bonds. The van der Waals surface area contributed by atoms with E-state index in [0.29, 0.717) is 34.2 Å². The molecule has 1 aliphatic rings. The minimum absolute atomic E-state index is 0.102. The Balaban J connectivity index is 1.96. The molecule has 0 fully saturated rings. The Bertz CT molecular complexity index is 758. The molecule has 1 heterocycles. The van der Waals surface area contributed by atoms with Gasteiger partial charge >= 0.3 is 0 Å². The summed E-state index contributed by atoms with van der Waals surface area (Å²) in [7, 11) is 3.00. The van der Waals surface area contributed by atoms with Crippen molar-refractivity contribution in [3.63, 3.8) is 0 Å². The van der Waals surface area contributed by atoms with Gasteiger partial charge in [-0.2, -0.15) is 0 Å². The molecule has 1 aliphatic heterocycles. The number of ether oxygens (including phenoxy) is 2. The van der Waals surface area contributed by atoms with Crippen molar-refractivity contribution in [1.29, 1.82) is 0 Å². The lowest BCUT2D eigenvalue weighted by molar-refractivity contribution is 0.0762. The fourth-order valence-corrected chi connectivity index (χ4v) is 2.99. The Morgan fingerprint density at radius 1 is 1.22 bits per heavy atom. The molecule has 4 nitrogen and oxygen atoms in total. The maximum Gasteiger partial charge on any atom is 0.258 e. The van der Waals surface area contributed by atoms with Crippen LogP contribution < -0.4 is 9.47 Å². The van der Waals surface area contributed by atoms with Crippen LogP contribution in [0.15, 0.2) is 30.3 Å². The zero-order valence-electron chi connectivity index (χ0n) is 12.7. The molecule has 2 aromatic rings. The van der Waals surface area contributed by atoms with E-state index in [0.717, 1.165) is 5.56 Å². The number of hydrogen-bond acceptors (Lipinski definition) is 3. The van der Waals surface area contributed by atoms with Gasteiger partial charge in [-0.1, -0.05) is 23.7 Å². The highest BCUT2D eigenvalue weighted by atomic mass is 35.5. The SMILES string of the molecule is COc1ccc2c(c1OC)C(=O)N(Cc1c(F)cccc1Cl)C2. The molecule has 120 valence electrons. The van der Waals surface area contributed by atoms with Crippen molar-refractivity contribution in [2.75, 3.05) is 14.2 Å². The number of hydrogen-bond donors (Lipinski definition) is 0. The molecule has 0 spiro atoms. The van der Waals surface area contributed by atoms with Gasteiger partial charge in [-0.05, 0) is 23.8 Å². The molecule has 0 aliphatic carbocycles. The second-order valence-corrected chi connectivity index (χ2v) is 5.60. The van der Waals surface area contributed by atoms with Gasteiger partial charge in [0.05, 0.1) is 26.3 Å². The van der Waals surface area contributed by atoms with Crippen molar-refractivity contribution in [3.05, 3.63) is 57.9 Å². The Labute approximate surface area is 138 Å². The van der Waals surface area contributed by atoms with Crippen LogP contribution in [0.25, 0.3) is 0 Å². The third-order valence-corrected chi connectivity index (χ3v) is 4.26. The first-order chi connectivity index (χ1) is 11.1. The van der Waals surface area contributed by atoms with E-state index >= 15 is 0 Å². The second-order valence-electron chi connectivity index (χ2n) is 5.20. The number of rotatable bonds is 4. The van der Waals surface area contributed by atoms with Crippen LogP contribution in [0.1, 0.15) is 21.5 Å². The zero-order chi connectivity index (χ0) is 16.6. The van der Waals surface area contributed by atoms with Crippen LogP contribution in [0.3, 0.4) is 0 Å². The van der Waals surface area contributed by atoms with Gasteiger partial charge in [-0.3, -0.25) is 4.79 Å². The third kappa shape index (κ3) is 2.61. The van der Waals surface area contributed by atoms with Crippen LogP contribution in [0.2, 0.25) is 5.02 Å². The summed E-state index contributed by atoms with van der Waals surface area (Å²) in [5.41, 5.74) is 1.58. The number of benzene rings is 2. The molecule has 0 radical (unpaired) electrons. The highest BCUT2D eigenvalue weighted by Gasteiger charge is 2.33. The Morgan fingerprint density at radius 3 is 2.65 bits per heavy atom. The van der Waals surface area contributed by atoms with E-state index in [9.17, 15) is 9.18 Å². The molecule has 0 saturated carbocycles. The van der Waals surface area contributed by atoms with Crippen molar-refractivity contribution in [3.8, 4) is 11.5 Å². The third-order valence-electron chi connectivity index (χ3n) is 3.90. The minimum atomic E-state index is -0.425. The van der Waals surface area contributed by atoms with E-state index in [4.69, 9.17) is 21.1 Å². The molecule has 2 aromatic carbocycles. The van der Waals surface area contributed by atoms with Gasteiger partial charge < -0.3 is 14.4 Å². The summed E-state index contributed by atoms with van der Waals surface area (Å²) in [6.45, 7) is 0.476. The maximum absolute atomic E-state index is 14.0. The van der Waals surface area contributed by atoms with Crippen molar-refractivity contribution in [2.45, 2.75) is 13.1 Å². The molecular formula is C17H15ClFNO3. The van der Waals surface area contributed by atoms with Gasteiger partial charge in [0.25, 0.3) is 5.91 Å². The topological polar surface area (TPSA) is 38.8 Å². The predicted octanol–water partition coefficient (Wildman–Crippen LogP) is 3.65. The Kier molecular flexibility index (Phi) is 4.13. The smallest absolute Gasteiger partial charge is 0.258 e. The van der Waals surface area contributed by atoms with Crippen LogP contribution in [0, 0.1) is 5.82 Å². The summed E-state index contributed by atoms with van der Waals surface area (Å²) in [6.07, 6.45) is 0. The van der Waals surface area contributed by atoms with Gasteiger partial charge in [0.1, 0.15) is 5.82 Å². The molecule has 0 unspecified atom stereocenters. The van der Waals surface area contributed by atoms with Gasteiger partial charge in [0.2, 0.25) is 0 Å². The molecule has 6 heteroatoms. The van der Waals surface area contributed by atoms with Crippen LogP contribution in [-0.4, -0.2) is 25.0 Å². The number of carbonyl (C=O) groups excluding carboxylic acids is 1. The number of halogens is 2. The average Bonchev–Trinajstić information content (AvgIpc) is 2.86. The molecule has 23 heavy (non-hydrogen) atoms. The number of carbonyl (C=O) groups is 1. The van der Waals surface area contributed by atoms with E-state index in [1.807, 2.05) is 6.07 Å². The summed E-state index contributed by atoms with van der Waals surface area (Å²) in [4.78, 5) is 14.2. The van der Waals surface area contributed by atoms with Crippen LogP contribution >= 0.6 is 11.6 Å². The Morgan fingerprint density at radius 2 is 2.00 bits per heavy atom. The first-order valence-corrected chi connectivity index (χ1v) is 7.40. The van der Waals surface area contributed by atoms with E-state index in [-0.39, 0.29) is 12.5 Å². The highest BCUT2D eigenvalue weighted by Crippen LogP contribution is 2.39. The van der Waals surface area contributed by atoms with Gasteiger partial charge in [0, 0.05) is 17.1 Å². The summed E-state index contributed by atoms with van der Waals surface area (Å²) in [6, 6.07) is 8.05. The summed E-state index contributed by atoms with van der Waals surface area (Å²) in [5, 5.41) is 0.304. The number of amides is 1. The fourth-order valence-electron chi connectivity index (χ4n) is 2.77. The van der Waals surface area contributed by atoms with E-state index in [1.54, 1.807) is 12.1 Å². The summed E-state index contributed by atoms with van der Waals surface area (Å²) >= 11 is 6.05. The molecule has 0 saturated heterocycles. The van der Waals surface area contributed by atoms with Crippen molar-refractivity contribution in [1.82, 2.24) is 4.90 Å². The molecular weight excluding hydrogens is 321 g/mol. The van der Waals surface area contributed by atoms with Crippen LogP contribution in [0.4, 0.5) is 4.39 Å². The standard InChI is InChI=1S/C17H15ClFNO3/c1-22-14-7-6-10-8-20(17(21)15(10)16(14)23-2)9-11-12(18)4-3-5-13(11)19/h3-7H,8-9H2,1-2H3. The first-order valence-electron chi connectivity index (χ1n) is 7.02. The molecule has 3 rings (SSSR count). The maximum atomic E-state index is 14.0.